The Morgan fingerprint density at radius 3 is 2.67 bits per heavy atom. The second-order valence-electron chi connectivity index (χ2n) is 5.75. The standard InChI is InChI=1S/C18H29NO2/c1-4-11-19-15-13-17(18(15)20-12-5-2)21-16-10-8-7-9-14(16)6-3/h7-10,15,17-19H,4-6,11-13H2,1-3H3. The summed E-state index contributed by atoms with van der Waals surface area (Å²) in [5.74, 6) is 1.02. The Balaban J connectivity index is 1.95. The molecule has 0 amide bonds. The summed E-state index contributed by atoms with van der Waals surface area (Å²) in [6.45, 7) is 8.37. The minimum atomic E-state index is 0.179. The van der Waals surface area contributed by atoms with Crippen molar-refractivity contribution in [3.63, 3.8) is 0 Å². The molecule has 0 aromatic heterocycles. The van der Waals surface area contributed by atoms with E-state index in [1.165, 1.54) is 5.56 Å². The predicted molar refractivity (Wildman–Crippen MR) is 87.0 cm³/mol. The van der Waals surface area contributed by atoms with Crippen LogP contribution in [0.4, 0.5) is 0 Å². The van der Waals surface area contributed by atoms with E-state index in [0.29, 0.717) is 6.04 Å². The van der Waals surface area contributed by atoms with E-state index in [1.54, 1.807) is 0 Å². The summed E-state index contributed by atoms with van der Waals surface area (Å²) >= 11 is 0. The number of hydrogen-bond acceptors (Lipinski definition) is 3. The van der Waals surface area contributed by atoms with Gasteiger partial charge in [0, 0.05) is 19.1 Å². The van der Waals surface area contributed by atoms with Crippen LogP contribution in [0.25, 0.3) is 0 Å². The van der Waals surface area contributed by atoms with Gasteiger partial charge < -0.3 is 14.8 Å². The number of nitrogens with one attached hydrogen (secondary N) is 1. The van der Waals surface area contributed by atoms with E-state index in [-0.39, 0.29) is 12.2 Å². The minimum Gasteiger partial charge on any atom is -0.487 e. The molecule has 0 spiro atoms. The lowest BCUT2D eigenvalue weighted by Gasteiger charge is -2.44. The first-order chi connectivity index (χ1) is 10.3. The lowest BCUT2D eigenvalue weighted by molar-refractivity contribution is -0.108. The number of benzene rings is 1. The summed E-state index contributed by atoms with van der Waals surface area (Å²) in [6.07, 6.45) is 4.60. The van der Waals surface area contributed by atoms with Crippen molar-refractivity contribution in [1.82, 2.24) is 5.32 Å². The Morgan fingerprint density at radius 2 is 1.95 bits per heavy atom. The Morgan fingerprint density at radius 1 is 1.14 bits per heavy atom. The molecule has 3 unspecified atom stereocenters. The topological polar surface area (TPSA) is 30.5 Å². The highest BCUT2D eigenvalue weighted by Crippen LogP contribution is 2.31. The molecule has 0 aliphatic heterocycles. The fourth-order valence-electron chi connectivity index (χ4n) is 2.78. The highest BCUT2D eigenvalue weighted by Gasteiger charge is 2.43. The van der Waals surface area contributed by atoms with Gasteiger partial charge in [0.15, 0.2) is 0 Å². The van der Waals surface area contributed by atoms with Crippen molar-refractivity contribution < 1.29 is 9.47 Å². The van der Waals surface area contributed by atoms with Gasteiger partial charge >= 0.3 is 0 Å². The van der Waals surface area contributed by atoms with Crippen LogP contribution < -0.4 is 10.1 Å². The first kappa shape index (κ1) is 16.3. The molecule has 1 aromatic rings. The zero-order chi connectivity index (χ0) is 15.1. The van der Waals surface area contributed by atoms with Crippen molar-refractivity contribution in [2.75, 3.05) is 13.2 Å². The highest BCUT2D eigenvalue weighted by atomic mass is 16.5. The molecule has 2 rings (SSSR count). The van der Waals surface area contributed by atoms with Gasteiger partial charge in [0.2, 0.25) is 0 Å². The fraction of sp³-hybridized carbons (Fsp3) is 0.667. The molecule has 0 radical (unpaired) electrons. The molecular weight excluding hydrogens is 262 g/mol. The third-order valence-electron chi connectivity index (χ3n) is 4.05. The van der Waals surface area contributed by atoms with Gasteiger partial charge in [0.1, 0.15) is 18.0 Å². The first-order valence-corrected chi connectivity index (χ1v) is 8.39. The van der Waals surface area contributed by atoms with Crippen molar-refractivity contribution in [1.29, 1.82) is 0 Å². The number of hydrogen-bond donors (Lipinski definition) is 1. The van der Waals surface area contributed by atoms with E-state index < -0.39 is 0 Å². The van der Waals surface area contributed by atoms with Crippen LogP contribution in [0.2, 0.25) is 0 Å². The molecule has 1 aliphatic rings. The van der Waals surface area contributed by atoms with E-state index >= 15 is 0 Å². The van der Waals surface area contributed by atoms with E-state index in [2.05, 4.69) is 44.3 Å². The van der Waals surface area contributed by atoms with Crippen LogP contribution in [0, 0.1) is 0 Å². The largest absolute Gasteiger partial charge is 0.487 e. The average molecular weight is 291 g/mol. The third kappa shape index (κ3) is 4.21. The van der Waals surface area contributed by atoms with Gasteiger partial charge in [-0.1, -0.05) is 39.0 Å². The monoisotopic (exact) mass is 291 g/mol. The number of para-hydroxylation sites is 1. The Bertz CT molecular complexity index is 421. The zero-order valence-corrected chi connectivity index (χ0v) is 13.6. The van der Waals surface area contributed by atoms with Crippen molar-refractivity contribution in [2.24, 2.45) is 0 Å². The van der Waals surface area contributed by atoms with Gasteiger partial charge in [-0.15, -0.1) is 0 Å². The molecule has 1 fully saturated rings. The summed E-state index contributed by atoms with van der Waals surface area (Å²) in [5.41, 5.74) is 1.27. The molecule has 21 heavy (non-hydrogen) atoms. The van der Waals surface area contributed by atoms with Crippen LogP contribution in [0.15, 0.2) is 24.3 Å². The van der Waals surface area contributed by atoms with Crippen molar-refractivity contribution in [3.05, 3.63) is 29.8 Å². The molecular formula is C18H29NO2. The van der Waals surface area contributed by atoms with Crippen LogP contribution in [0.1, 0.15) is 45.6 Å². The first-order valence-electron chi connectivity index (χ1n) is 8.39. The number of ether oxygens (including phenoxy) is 2. The van der Waals surface area contributed by atoms with Crippen LogP contribution in [-0.4, -0.2) is 31.4 Å². The van der Waals surface area contributed by atoms with E-state index in [0.717, 1.165) is 44.6 Å². The predicted octanol–water partition coefficient (Wildman–Crippen LogP) is 3.56. The maximum atomic E-state index is 6.23. The lowest BCUT2D eigenvalue weighted by Crippen LogP contribution is -2.61. The van der Waals surface area contributed by atoms with Gasteiger partial charge in [-0.3, -0.25) is 0 Å². The summed E-state index contributed by atoms with van der Waals surface area (Å²) in [5, 5.41) is 3.57. The molecule has 118 valence electrons. The number of aryl methyl sites for hydroxylation is 1. The van der Waals surface area contributed by atoms with Crippen LogP contribution >= 0.6 is 0 Å². The van der Waals surface area contributed by atoms with Gasteiger partial charge in [0.25, 0.3) is 0 Å². The molecule has 3 nitrogen and oxygen atoms in total. The molecule has 3 heteroatoms. The second-order valence-corrected chi connectivity index (χ2v) is 5.75. The van der Waals surface area contributed by atoms with E-state index in [9.17, 15) is 0 Å². The van der Waals surface area contributed by atoms with E-state index in [1.807, 2.05) is 6.07 Å². The van der Waals surface area contributed by atoms with Crippen molar-refractivity contribution in [3.8, 4) is 5.75 Å². The normalized spacial score (nSPS) is 24.6. The second kappa shape index (κ2) is 8.40. The quantitative estimate of drug-likeness (QED) is 0.754. The summed E-state index contributed by atoms with van der Waals surface area (Å²) in [7, 11) is 0. The zero-order valence-electron chi connectivity index (χ0n) is 13.6. The van der Waals surface area contributed by atoms with Gasteiger partial charge in [0.05, 0.1) is 0 Å². The Kier molecular flexibility index (Phi) is 6.52. The van der Waals surface area contributed by atoms with Crippen LogP contribution in [0.3, 0.4) is 0 Å². The Labute approximate surface area is 129 Å². The van der Waals surface area contributed by atoms with E-state index in [4.69, 9.17) is 9.47 Å². The van der Waals surface area contributed by atoms with Gasteiger partial charge in [-0.25, -0.2) is 0 Å². The van der Waals surface area contributed by atoms with Crippen molar-refractivity contribution >= 4 is 0 Å². The maximum absolute atomic E-state index is 6.23. The highest BCUT2D eigenvalue weighted by molar-refractivity contribution is 5.33. The molecule has 1 aliphatic carbocycles. The van der Waals surface area contributed by atoms with Crippen LogP contribution in [-0.2, 0) is 11.2 Å². The third-order valence-corrected chi connectivity index (χ3v) is 4.05. The Hall–Kier alpha value is -1.06. The molecule has 0 heterocycles. The SMILES string of the molecule is CCCNC1CC(Oc2ccccc2CC)C1OCCC. The molecule has 0 bridgehead atoms. The van der Waals surface area contributed by atoms with Gasteiger partial charge in [-0.05, 0) is 37.4 Å². The summed E-state index contributed by atoms with van der Waals surface area (Å²) < 4.78 is 12.2. The minimum absolute atomic E-state index is 0.179. The summed E-state index contributed by atoms with van der Waals surface area (Å²) in [6, 6.07) is 8.77. The summed E-state index contributed by atoms with van der Waals surface area (Å²) in [4.78, 5) is 0. The molecule has 1 N–H and O–H groups in total. The lowest BCUT2D eigenvalue weighted by atomic mass is 9.85. The average Bonchev–Trinajstić information content (AvgIpc) is 2.50. The van der Waals surface area contributed by atoms with Crippen LogP contribution in [0.5, 0.6) is 5.75 Å². The number of rotatable bonds is 9. The fourth-order valence-corrected chi connectivity index (χ4v) is 2.78. The maximum Gasteiger partial charge on any atom is 0.128 e. The molecule has 1 aromatic carbocycles. The van der Waals surface area contributed by atoms with Crippen molar-refractivity contribution in [2.45, 2.75) is 64.7 Å². The molecule has 1 saturated carbocycles. The molecule has 3 atom stereocenters. The molecule has 0 saturated heterocycles. The van der Waals surface area contributed by atoms with Gasteiger partial charge in [-0.2, -0.15) is 0 Å². The smallest absolute Gasteiger partial charge is 0.128 e.